The van der Waals surface area contributed by atoms with Crippen molar-refractivity contribution < 1.29 is 14.3 Å². The zero-order valence-electron chi connectivity index (χ0n) is 17.5. The molecule has 0 saturated carbocycles. The molecule has 0 radical (unpaired) electrons. The predicted octanol–water partition coefficient (Wildman–Crippen LogP) is 4.24. The second kappa shape index (κ2) is 9.95. The highest BCUT2D eigenvalue weighted by molar-refractivity contribution is 6.41. The first-order valence-electron chi connectivity index (χ1n) is 9.71. The lowest BCUT2D eigenvalue weighted by atomic mass is 10.2. The number of carbonyl (C=O) groups is 2. The second-order valence-corrected chi connectivity index (χ2v) is 7.13. The third-order valence-corrected chi connectivity index (χ3v) is 4.90. The fourth-order valence-electron chi connectivity index (χ4n) is 3.13. The van der Waals surface area contributed by atoms with Crippen LogP contribution in [0.4, 0.5) is 5.69 Å². The van der Waals surface area contributed by atoms with E-state index in [0.717, 1.165) is 28.4 Å². The summed E-state index contributed by atoms with van der Waals surface area (Å²) >= 11 is 5.98. The van der Waals surface area contributed by atoms with E-state index in [2.05, 4.69) is 20.4 Å². The summed E-state index contributed by atoms with van der Waals surface area (Å²) in [7, 11) is 0. The average Bonchev–Trinajstić information content (AvgIpc) is 3.03. The number of nitrogens with one attached hydrogen (secondary N) is 2. The van der Waals surface area contributed by atoms with E-state index in [9.17, 15) is 9.59 Å². The molecule has 0 saturated heterocycles. The van der Waals surface area contributed by atoms with Crippen LogP contribution in [0.5, 0.6) is 5.75 Å². The highest BCUT2D eigenvalue weighted by Crippen LogP contribution is 2.22. The van der Waals surface area contributed by atoms with E-state index in [0.29, 0.717) is 17.3 Å². The fraction of sp³-hybridized carbons (Fsp3) is 0.174. The molecule has 0 unspecified atom stereocenters. The van der Waals surface area contributed by atoms with Crippen LogP contribution in [-0.4, -0.2) is 29.2 Å². The SMILES string of the molecule is CCOc1ccc(-n2c(C)cc(/C=N\NC(=O)C(=O)Nc3ccccc3Cl)c2C)cc1. The summed E-state index contributed by atoms with van der Waals surface area (Å²) in [6.07, 6.45) is 1.51. The summed E-state index contributed by atoms with van der Waals surface area (Å²) in [5, 5.41) is 6.71. The number of anilines is 1. The monoisotopic (exact) mass is 438 g/mol. The number of aryl methyl sites for hydroxylation is 1. The number of ether oxygens (including phenoxy) is 1. The number of aromatic nitrogens is 1. The van der Waals surface area contributed by atoms with E-state index in [1.54, 1.807) is 24.3 Å². The lowest BCUT2D eigenvalue weighted by Crippen LogP contribution is -2.32. The molecular formula is C23H23ClN4O3. The van der Waals surface area contributed by atoms with E-state index >= 15 is 0 Å². The number of para-hydroxylation sites is 1. The molecule has 0 aliphatic rings. The number of carbonyl (C=O) groups excluding carboxylic acids is 2. The van der Waals surface area contributed by atoms with E-state index in [-0.39, 0.29) is 0 Å². The molecule has 0 bridgehead atoms. The van der Waals surface area contributed by atoms with Crippen molar-refractivity contribution >= 4 is 35.3 Å². The number of amides is 2. The lowest BCUT2D eigenvalue weighted by Gasteiger charge is -2.11. The minimum atomic E-state index is -0.892. The van der Waals surface area contributed by atoms with Crippen LogP contribution in [0, 0.1) is 13.8 Å². The maximum absolute atomic E-state index is 12.0. The van der Waals surface area contributed by atoms with Gasteiger partial charge in [-0.1, -0.05) is 23.7 Å². The highest BCUT2D eigenvalue weighted by atomic mass is 35.5. The number of benzene rings is 2. The molecular weight excluding hydrogens is 416 g/mol. The first kappa shape index (κ1) is 22.1. The van der Waals surface area contributed by atoms with Gasteiger partial charge < -0.3 is 14.6 Å². The summed E-state index contributed by atoms with van der Waals surface area (Å²) in [5.74, 6) is -0.935. The molecule has 2 aromatic carbocycles. The Balaban J connectivity index is 1.67. The van der Waals surface area contributed by atoms with Crippen LogP contribution in [0.15, 0.2) is 59.7 Å². The van der Waals surface area contributed by atoms with E-state index in [4.69, 9.17) is 16.3 Å². The number of rotatable bonds is 6. The molecule has 3 rings (SSSR count). The number of nitrogens with zero attached hydrogens (tertiary/aromatic N) is 2. The van der Waals surface area contributed by atoms with Gasteiger partial charge in [-0.05, 0) is 63.2 Å². The van der Waals surface area contributed by atoms with Crippen LogP contribution in [0.2, 0.25) is 5.02 Å². The van der Waals surface area contributed by atoms with Crippen molar-refractivity contribution in [3.63, 3.8) is 0 Å². The lowest BCUT2D eigenvalue weighted by molar-refractivity contribution is -0.136. The third kappa shape index (κ3) is 5.32. The van der Waals surface area contributed by atoms with Crippen molar-refractivity contribution in [1.29, 1.82) is 0 Å². The molecule has 0 atom stereocenters. The molecule has 31 heavy (non-hydrogen) atoms. The molecule has 2 N–H and O–H groups in total. The predicted molar refractivity (Wildman–Crippen MR) is 122 cm³/mol. The van der Waals surface area contributed by atoms with E-state index < -0.39 is 11.8 Å². The summed E-state index contributed by atoms with van der Waals surface area (Å²) in [6.45, 7) is 6.50. The van der Waals surface area contributed by atoms with Gasteiger partial charge in [-0.15, -0.1) is 0 Å². The first-order chi connectivity index (χ1) is 14.9. The van der Waals surface area contributed by atoms with Crippen molar-refractivity contribution in [2.75, 3.05) is 11.9 Å². The Morgan fingerprint density at radius 2 is 1.81 bits per heavy atom. The highest BCUT2D eigenvalue weighted by Gasteiger charge is 2.14. The maximum Gasteiger partial charge on any atom is 0.329 e. The largest absolute Gasteiger partial charge is 0.494 e. The van der Waals surface area contributed by atoms with Gasteiger partial charge in [-0.25, -0.2) is 5.43 Å². The fourth-order valence-corrected chi connectivity index (χ4v) is 3.31. The van der Waals surface area contributed by atoms with Gasteiger partial charge in [-0.2, -0.15) is 5.10 Å². The van der Waals surface area contributed by atoms with Gasteiger partial charge in [0, 0.05) is 22.6 Å². The molecule has 160 valence electrons. The zero-order chi connectivity index (χ0) is 22.4. The Kier molecular flexibility index (Phi) is 7.10. The van der Waals surface area contributed by atoms with E-state index in [1.807, 2.05) is 51.1 Å². The third-order valence-electron chi connectivity index (χ3n) is 4.57. The van der Waals surface area contributed by atoms with E-state index in [1.165, 1.54) is 6.21 Å². The molecule has 1 aromatic heterocycles. The van der Waals surface area contributed by atoms with Gasteiger partial charge in [0.1, 0.15) is 5.75 Å². The standard InChI is InChI=1S/C23H23ClN4O3/c1-4-31-19-11-9-18(10-12-19)28-15(2)13-17(16(28)3)14-25-27-23(30)22(29)26-21-8-6-5-7-20(21)24/h5-14H,4H2,1-3H3,(H,26,29)(H,27,30)/b25-14-. The normalized spacial score (nSPS) is 10.8. The van der Waals surface area contributed by atoms with Crippen LogP contribution in [0.3, 0.4) is 0 Å². The Bertz CT molecular complexity index is 1120. The first-order valence-corrected chi connectivity index (χ1v) is 10.1. The smallest absolute Gasteiger partial charge is 0.329 e. The van der Waals surface area contributed by atoms with Gasteiger partial charge in [0.2, 0.25) is 0 Å². The summed E-state index contributed by atoms with van der Waals surface area (Å²) in [5.41, 5.74) is 6.35. The zero-order valence-corrected chi connectivity index (χ0v) is 18.2. The molecule has 0 aliphatic heterocycles. The summed E-state index contributed by atoms with van der Waals surface area (Å²) in [4.78, 5) is 24.0. The van der Waals surface area contributed by atoms with Crippen molar-refractivity contribution in [1.82, 2.24) is 9.99 Å². The quantitative estimate of drug-likeness (QED) is 0.343. The number of halogens is 1. The van der Waals surface area contributed by atoms with Crippen LogP contribution in [0.1, 0.15) is 23.9 Å². The van der Waals surface area contributed by atoms with Gasteiger partial charge >= 0.3 is 11.8 Å². The van der Waals surface area contributed by atoms with Crippen molar-refractivity contribution in [3.05, 3.63) is 76.6 Å². The van der Waals surface area contributed by atoms with Crippen LogP contribution >= 0.6 is 11.6 Å². The number of hydrogen-bond donors (Lipinski definition) is 2. The average molecular weight is 439 g/mol. The van der Waals surface area contributed by atoms with Gasteiger partial charge in [0.15, 0.2) is 0 Å². The van der Waals surface area contributed by atoms with Crippen molar-refractivity contribution in [2.45, 2.75) is 20.8 Å². The van der Waals surface area contributed by atoms with Gasteiger partial charge in [-0.3, -0.25) is 9.59 Å². The Morgan fingerprint density at radius 3 is 2.48 bits per heavy atom. The molecule has 1 heterocycles. The van der Waals surface area contributed by atoms with Crippen LogP contribution < -0.4 is 15.5 Å². The summed E-state index contributed by atoms with van der Waals surface area (Å²) in [6, 6.07) is 16.4. The molecule has 8 heteroatoms. The minimum absolute atomic E-state index is 0.342. The van der Waals surface area contributed by atoms with Gasteiger partial charge in [0.25, 0.3) is 0 Å². The molecule has 0 spiro atoms. The maximum atomic E-state index is 12.0. The Morgan fingerprint density at radius 1 is 1.10 bits per heavy atom. The second-order valence-electron chi connectivity index (χ2n) is 6.72. The molecule has 3 aromatic rings. The molecule has 0 aliphatic carbocycles. The molecule has 0 fully saturated rings. The molecule has 7 nitrogen and oxygen atoms in total. The minimum Gasteiger partial charge on any atom is -0.494 e. The topological polar surface area (TPSA) is 84.7 Å². The Hall–Kier alpha value is -3.58. The van der Waals surface area contributed by atoms with Gasteiger partial charge in [0.05, 0.1) is 23.5 Å². The molecule has 2 amide bonds. The van der Waals surface area contributed by atoms with Crippen molar-refractivity contribution in [3.8, 4) is 11.4 Å². The van der Waals surface area contributed by atoms with Crippen molar-refractivity contribution in [2.24, 2.45) is 5.10 Å². The number of hydrazone groups is 1. The Labute approximate surface area is 185 Å². The number of hydrogen-bond acceptors (Lipinski definition) is 4. The van der Waals surface area contributed by atoms with Crippen LogP contribution in [-0.2, 0) is 9.59 Å². The summed E-state index contributed by atoms with van der Waals surface area (Å²) < 4.78 is 7.56. The van der Waals surface area contributed by atoms with Crippen LogP contribution in [0.25, 0.3) is 5.69 Å².